The highest BCUT2D eigenvalue weighted by molar-refractivity contribution is 5.94. The van der Waals surface area contributed by atoms with Gasteiger partial charge in [0, 0.05) is 43.2 Å². The summed E-state index contributed by atoms with van der Waals surface area (Å²) < 4.78 is 7.56. The molecule has 28 heavy (non-hydrogen) atoms. The van der Waals surface area contributed by atoms with Crippen LogP contribution in [0.2, 0.25) is 0 Å². The molecule has 3 aromatic rings. The fourth-order valence-electron chi connectivity index (χ4n) is 3.87. The van der Waals surface area contributed by atoms with Gasteiger partial charge in [0.2, 0.25) is 0 Å². The number of carbonyl (C=O) groups is 1. The predicted molar refractivity (Wildman–Crippen MR) is 109 cm³/mol. The molecule has 0 N–H and O–H groups in total. The summed E-state index contributed by atoms with van der Waals surface area (Å²) in [6.07, 6.45) is 7.74. The highest BCUT2D eigenvalue weighted by Gasteiger charge is 2.23. The Balaban J connectivity index is 1.39. The minimum atomic E-state index is 0.118. The van der Waals surface area contributed by atoms with Crippen molar-refractivity contribution in [3.05, 3.63) is 72.8 Å². The Morgan fingerprint density at radius 3 is 2.54 bits per heavy atom. The number of imidazole rings is 1. The van der Waals surface area contributed by atoms with Crippen molar-refractivity contribution in [1.82, 2.24) is 14.5 Å². The summed E-state index contributed by atoms with van der Waals surface area (Å²) in [7, 11) is 1.67. The third kappa shape index (κ3) is 3.93. The summed E-state index contributed by atoms with van der Waals surface area (Å²) in [6.45, 7) is 2.61. The lowest BCUT2D eigenvalue weighted by Crippen LogP contribution is -2.39. The monoisotopic (exact) mass is 375 g/mol. The van der Waals surface area contributed by atoms with Gasteiger partial charge in [-0.3, -0.25) is 4.79 Å². The number of para-hydroxylation sites is 1. The second-order valence-corrected chi connectivity index (χ2v) is 7.27. The van der Waals surface area contributed by atoms with Gasteiger partial charge in [-0.15, -0.1) is 0 Å². The van der Waals surface area contributed by atoms with Crippen molar-refractivity contribution in [3.63, 3.8) is 0 Å². The fourth-order valence-corrected chi connectivity index (χ4v) is 3.87. The van der Waals surface area contributed by atoms with E-state index in [0.29, 0.717) is 5.92 Å². The van der Waals surface area contributed by atoms with E-state index in [1.165, 1.54) is 0 Å². The van der Waals surface area contributed by atoms with Gasteiger partial charge in [0.05, 0.1) is 13.4 Å². The third-order valence-electron chi connectivity index (χ3n) is 5.48. The number of carbonyl (C=O) groups excluding carboxylic acids is 1. The number of rotatable bonds is 5. The van der Waals surface area contributed by atoms with Gasteiger partial charge in [-0.1, -0.05) is 30.3 Å². The number of aromatic nitrogens is 2. The predicted octanol–water partition coefficient (Wildman–Crippen LogP) is 4.11. The number of nitrogens with zero attached hydrogens (tertiary/aromatic N) is 3. The van der Waals surface area contributed by atoms with Gasteiger partial charge < -0.3 is 14.2 Å². The molecular formula is C23H25N3O2. The van der Waals surface area contributed by atoms with E-state index >= 15 is 0 Å². The summed E-state index contributed by atoms with van der Waals surface area (Å²) in [5.41, 5.74) is 2.82. The lowest BCUT2D eigenvalue weighted by Gasteiger charge is -2.32. The molecule has 1 aliphatic rings. The van der Waals surface area contributed by atoms with Crippen molar-refractivity contribution in [2.75, 3.05) is 20.2 Å². The molecule has 4 rings (SSSR count). The minimum Gasteiger partial charge on any atom is -0.496 e. The number of likely N-dealkylation sites (tertiary alicyclic amines) is 1. The van der Waals surface area contributed by atoms with Crippen LogP contribution in [0.15, 0.2) is 67.3 Å². The van der Waals surface area contributed by atoms with Crippen LogP contribution in [0.25, 0.3) is 11.1 Å². The van der Waals surface area contributed by atoms with Crippen molar-refractivity contribution >= 4 is 5.91 Å². The number of piperidine rings is 1. The zero-order valence-electron chi connectivity index (χ0n) is 16.1. The number of hydrogen-bond donors (Lipinski definition) is 0. The van der Waals surface area contributed by atoms with Gasteiger partial charge in [-0.25, -0.2) is 4.98 Å². The number of hydrogen-bond acceptors (Lipinski definition) is 3. The van der Waals surface area contributed by atoms with Crippen molar-refractivity contribution in [2.24, 2.45) is 5.92 Å². The Morgan fingerprint density at radius 1 is 1.11 bits per heavy atom. The molecule has 0 aliphatic carbocycles. The maximum atomic E-state index is 12.9. The Hall–Kier alpha value is -3.08. The van der Waals surface area contributed by atoms with E-state index in [1.54, 1.807) is 7.11 Å². The average molecular weight is 375 g/mol. The van der Waals surface area contributed by atoms with Crippen LogP contribution in [0, 0.1) is 5.92 Å². The largest absolute Gasteiger partial charge is 0.496 e. The molecule has 1 amide bonds. The zero-order chi connectivity index (χ0) is 19.3. The molecule has 1 aliphatic heterocycles. The van der Waals surface area contributed by atoms with Crippen LogP contribution in [0.3, 0.4) is 0 Å². The van der Waals surface area contributed by atoms with Crippen LogP contribution in [0.4, 0.5) is 0 Å². The van der Waals surface area contributed by atoms with E-state index in [-0.39, 0.29) is 5.91 Å². The normalized spacial score (nSPS) is 14.8. The second-order valence-electron chi connectivity index (χ2n) is 7.27. The van der Waals surface area contributed by atoms with E-state index in [2.05, 4.69) is 9.55 Å². The van der Waals surface area contributed by atoms with E-state index in [9.17, 15) is 4.79 Å². The van der Waals surface area contributed by atoms with Crippen LogP contribution in [0.5, 0.6) is 5.75 Å². The first-order chi connectivity index (χ1) is 13.7. The van der Waals surface area contributed by atoms with Crippen LogP contribution >= 0.6 is 0 Å². The first-order valence-corrected chi connectivity index (χ1v) is 9.73. The van der Waals surface area contributed by atoms with Crippen molar-refractivity contribution in [3.8, 4) is 16.9 Å². The molecule has 1 fully saturated rings. The Kier molecular flexibility index (Phi) is 5.42. The average Bonchev–Trinajstić information content (AvgIpc) is 3.27. The fraction of sp³-hybridized carbons (Fsp3) is 0.304. The lowest BCUT2D eigenvalue weighted by atomic mass is 9.96. The molecule has 5 heteroatoms. The van der Waals surface area contributed by atoms with Crippen LogP contribution in [-0.2, 0) is 6.54 Å². The van der Waals surface area contributed by atoms with Crippen LogP contribution in [0.1, 0.15) is 23.2 Å². The van der Waals surface area contributed by atoms with Gasteiger partial charge in [0.1, 0.15) is 5.75 Å². The molecular weight excluding hydrogens is 350 g/mol. The van der Waals surface area contributed by atoms with Crippen molar-refractivity contribution in [2.45, 2.75) is 19.4 Å². The smallest absolute Gasteiger partial charge is 0.253 e. The first-order valence-electron chi connectivity index (χ1n) is 9.73. The summed E-state index contributed by atoms with van der Waals surface area (Å²) in [4.78, 5) is 19.0. The Labute approximate surface area is 165 Å². The van der Waals surface area contributed by atoms with E-state index in [0.717, 1.165) is 54.9 Å². The number of methoxy groups -OCH3 is 1. The van der Waals surface area contributed by atoms with Gasteiger partial charge in [0.25, 0.3) is 5.91 Å². The summed E-state index contributed by atoms with van der Waals surface area (Å²) in [5, 5.41) is 0. The van der Waals surface area contributed by atoms with E-state index < -0.39 is 0 Å². The quantitative estimate of drug-likeness (QED) is 0.674. The topological polar surface area (TPSA) is 47.4 Å². The Morgan fingerprint density at radius 2 is 1.86 bits per heavy atom. The van der Waals surface area contributed by atoms with Gasteiger partial charge >= 0.3 is 0 Å². The highest BCUT2D eigenvalue weighted by Crippen LogP contribution is 2.30. The lowest BCUT2D eigenvalue weighted by molar-refractivity contribution is 0.0683. The molecule has 0 saturated carbocycles. The molecule has 0 unspecified atom stereocenters. The van der Waals surface area contributed by atoms with E-state index in [4.69, 9.17) is 4.74 Å². The highest BCUT2D eigenvalue weighted by atomic mass is 16.5. The molecule has 0 bridgehead atoms. The van der Waals surface area contributed by atoms with Crippen molar-refractivity contribution < 1.29 is 9.53 Å². The Bertz CT molecular complexity index is 911. The molecule has 0 radical (unpaired) electrons. The zero-order valence-corrected chi connectivity index (χ0v) is 16.1. The summed E-state index contributed by atoms with van der Waals surface area (Å²) in [6, 6.07) is 15.8. The van der Waals surface area contributed by atoms with Crippen LogP contribution < -0.4 is 4.74 Å². The number of benzene rings is 2. The first kappa shape index (κ1) is 18.3. The maximum absolute atomic E-state index is 12.9. The molecule has 1 saturated heterocycles. The standard InChI is InChI=1S/C23H25N3O2/c1-28-22-5-3-2-4-21(22)19-6-8-20(9-7-19)23(27)26-13-10-18(11-14-26)16-25-15-12-24-17-25/h2-9,12,15,17-18H,10-11,13-14,16H2,1H3. The van der Waals surface area contributed by atoms with Gasteiger partial charge in [-0.05, 0) is 42.5 Å². The molecule has 5 nitrogen and oxygen atoms in total. The number of amides is 1. The van der Waals surface area contributed by atoms with Crippen LogP contribution in [-0.4, -0.2) is 40.6 Å². The number of ether oxygens (including phenoxy) is 1. The van der Waals surface area contributed by atoms with Crippen molar-refractivity contribution in [1.29, 1.82) is 0 Å². The van der Waals surface area contributed by atoms with Gasteiger partial charge in [0.15, 0.2) is 0 Å². The third-order valence-corrected chi connectivity index (χ3v) is 5.48. The SMILES string of the molecule is COc1ccccc1-c1ccc(C(=O)N2CCC(Cn3ccnc3)CC2)cc1. The van der Waals surface area contributed by atoms with Gasteiger partial charge in [-0.2, -0.15) is 0 Å². The molecule has 2 aromatic carbocycles. The molecule has 1 aromatic heterocycles. The summed E-state index contributed by atoms with van der Waals surface area (Å²) >= 11 is 0. The molecule has 0 atom stereocenters. The maximum Gasteiger partial charge on any atom is 0.253 e. The summed E-state index contributed by atoms with van der Waals surface area (Å²) in [5.74, 6) is 1.56. The molecule has 0 spiro atoms. The molecule has 144 valence electrons. The minimum absolute atomic E-state index is 0.118. The van der Waals surface area contributed by atoms with E-state index in [1.807, 2.05) is 72.2 Å². The second kappa shape index (κ2) is 8.30. The molecule has 2 heterocycles.